The van der Waals surface area contributed by atoms with Crippen molar-refractivity contribution < 1.29 is 9.53 Å². The molecule has 0 aromatic heterocycles. The molecule has 0 saturated heterocycles. The summed E-state index contributed by atoms with van der Waals surface area (Å²) in [6.45, 7) is 7.53. The third-order valence-corrected chi connectivity index (χ3v) is 1.94. The average Bonchev–Trinajstić information content (AvgIpc) is 1.99. The van der Waals surface area contributed by atoms with Gasteiger partial charge in [0.2, 0.25) is 0 Å². The van der Waals surface area contributed by atoms with Crippen LogP contribution in [-0.4, -0.2) is 11.5 Å². The number of carbonyl (C=O) groups excluding carboxylic acids is 1. The highest BCUT2D eigenvalue weighted by atomic mass is 35.5. The van der Waals surface area contributed by atoms with Gasteiger partial charge in [-0.3, -0.25) is 4.79 Å². The first-order valence-corrected chi connectivity index (χ1v) is 5.16. The summed E-state index contributed by atoms with van der Waals surface area (Å²) < 4.78 is 5.04. The molecule has 0 aliphatic heterocycles. The van der Waals surface area contributed by atoms with E-state index in [2.05, 4.69) is 6.92 Å². The third kappa shape index (κ3) is 5.92. The summed E-state index contributed by atoms with van der Waals surface area (Å²) in [5, 5.41) is 0. The highest BCUT2D eigenvalue weighted by Crippen LogP contribution is 2.19. The zero-order valence-corrected chi connectivity index (χ0v) is 9.65. The van der Waals surface area contributed by atoms with Gasteiger partial charge >= 0.3 is 5.97 Å². The molecule has 0 aromatic rings. The van der Waals surface area contributed by atoms with Crippen molar-refractivity contribution in [1.29, 1.82) is 0 Å². The maximum Gasteiger partial charge on any atom is 0.312 e. The summed E-state index contributed by atoms with van der Waals surface area (Å²) in [4.78, 5) is 11.3. The van der Waals surface area contributed by atoms with Crippen LogP contribution in [0.2, 0.25) is 0 Å². The van der Waals surface area contributed by atoms with Gasteiger partial charge in [0.05, 0.1) is 5.41 Å². The van der Waals surface area contributed by atoms with Gasteiger partial charge in [-0.15, -0.1) is 0 Å². The van der Waals surface area contributed by atoms with Gasteiger partial charge in [0.15, 0.2) is 5.56 Å². The van der Waals surface area contributed by atoms with Crippen LogP contribution in [0.1, 0.15) is 47.0 Å². The van der Waals surface area contributed by atoms with E-state index >= 15 is 0 Å². The Labute approximate surface area is 85.6 Å². The van der Waals surface area contributed by atoms with Crippen LogP contribution in [0, 0.1) is 5.41 Å². The first-order chi connectivity index (χ1) is 5.88. The molecule has 0 aliphatic carbocycles. The van der Waals surface area contributed by atoms with E-state index < -0.39 is 11.0 Å². The molecule has 2 nitrogen and oxygen atoms in total. The fourth-order valence-electron chi connectivity index (χ4n) is 0.716. The van der Waals surface area contributed by atoms with Crippen LogP contribution in [0.4, 0.5) is 0 Å². The van der Waals surface area contributed by atoms with Gasteiger partial charge in [-0.2, -0.15) is 0 Å². The zero-order valence-electron chi connectivity index (χ0n) is 8.89. The minimum absolute atomic E-state index is 0.233. The fraction of sp³-hybridized carbons (Fsp3) is 0.900. The maximum atomic E-state index is 11.3. The fourth-order valence-corrected chi connectivity index (χ4v) is 0.952. The lowest BCUT2D eigenvalue weighted by Gasteiger charge is -2.19. The summed E-state index contributed by atoms with van der Waals surface area (Å²) in [6.07, 6.45) is 2.79. The van der Waals surface area contributed by atoms with Crippen molar-refractivity contribution in [1.82, 2.24) is 0 Å². The standard InChI is InChI=1S/C10H19ClO2/c1-5-6-7-8(11)13-9(12)10(2,3)4/h8H,5-7H2,1-4H3. The molecule has 0 amide bonds. The molecule has 1 atom stereocenters. The van der Waals surface area contributed by atoms with Crippen LogP contribution in [-0.2, 0) is 9.53 Å². The summed E-state index contributed by atoms with van der Waals surface area (Å²) >= 11 is 5.82. The SMILES string of the molecule is CCCCC(Cl)OC(=O)C(C)(C)C. The van der Waals surface area contributed by atoms with E-state index in [9.17, 15) is 4.79 Å². The first kappa shape index (κ1) is 12.8. The van der Waals surface area contributed by atoms with E-state index in [-0.39, 0.29) is 5.97 Å². The molecule has 0 aliphatic rings. The number of ether oxygens (including phenoxy) is 1. The second-order valence-electron chi connectivity index (χ2n) is 4.21. The second-order valence-corrected chi connectivity index (χ2v) is 4.69. The van der Waals surface area contributed by atoms with Crippen LogP contribution in [0.15, 0.2) is 0 Å². The molecule has 0 radical (unpaired) electrons. The summed E-state index contributed by atoms with van der Waals surface area (Å²) in [6, 6.07) is 0. The molecule has 0 N–H and O–H groups in total. The molecule has 0 saturated carbocycles. The Hall–Kier alpha value is -0.240. The van der Waals surface area contributed by atoms with Crippen molar-refractivity contribution in [3.05, 3.63) is 0 Å². The molecule has 0 rings (SSSR count). The van der Waals surface area contributed by atoms with Gasteiger partial charge in [0.1, 0.15) is 0 Å². The molecule has 0 aromatic carbocycles. The molecule has 0 heterocycles. The average molecular weight is 207 g/mol. The van der Waals surface area contributed by atoms with Gasteiger partial charge in [-0.1, -0.05) is 24.9 Å². The Morgan fingerprint density at radius 1 is 1.46 bits per heavy atom. The number of hydrogen-bond donors (Lipinski definition) is 0. The predicted molar refractivity (Wildman–Crippen MR) is 54.7 cm³/mol. The largest absolute Gasteiger partial charge is 0.446 e. The van der Waals surface area contributed by atoms with Crippen LogP contribution in [0.25, 0.3) is 0 Å². The highest BCUT2D eigenvalue weighted by molar-refractivity contribution is 6.20. The molecular weight excluding hydrogens is 188 g/mol. The first-order valence-electron chi connectivity index (χ1n) is 4.73. The van der Waals surface area contributed by atoms with E-state index in [0.29, 0.717) is 0 Å². The highest BCUT2D eigenvalue weighted by Gasteiger charge is 2.25. The van der Waals surface area contributed by atoms with Crippen LogP contribution < -0.4 is 0 Å². The van der Waals surface area contributed by atoms with Gasteiger partial charge in [0, 0.05) is 0 Å². The van der Waals surface area contributed by atoms with Gasteiger partial charge < -0.3 is 4.74 Å². The number of hydrogen-bond acceptors (Lipinski definition) is 2. The topological polar surface area (TPSA) is 26.3 Å². The Bertz CT molecular complexity index is 161. The molecule has 0 spiro atoms. The molecule has 3 heteroatoms. The third-order valence-electron chi connectivity index (χ3n) is 1.63. The molecule has 13 heavy (non-hydrogen) atoms. The second kappa shape index (κ2) is 5.48. The Morgan fingerprint density at radius 3 is 2.38 bits per heavy atom. The molecule has 1 unspecified atom stereocenters. The number of rotatable bonds is 4. The summed E-state index contributed by atoms with van der Waals surface area (Å²) in [7, 11) is 0. The maximum absolute atomic E-state index is 11.3. The summed E-state index contributed by atoms with van der Waals surface area (Å²) in [5.74, 6) is -0.233. The van der Waals surface area contributed by atoms with Gasteiger partial charge in [-0.05, 0) is 33.6 Å². The van der Waals surface area contributed by atoms with Crippen molar-refractivity contribution in [3.8, 4) is 0 Å². The number of esters is 1. The van der Waals surface area contributed by atoms with E-state index in [4.69, 9.17) is 16.3 Å². The van der Waals surface area contributed by atoms with Crippen molar-refractivity contribution in [2.45, 2.75) is 52.5 Å². The number of carbonyl (C=O) groups is 1. The minimum Gasteiger partial charge on any atom is -0.446 e. The van der Waals surface area contributed by atoms with Crippen molar-refractivity contribution in [2.24, 2.45) is 5.41 Å². The van der Waals surface area contributed by atoms with Crippen LogP contribution >= 0.6 is 11.6 Å². The van der Waals surface area contributed by atoms with Crippen LogP contribution in [0.3, 0.4) is 0 Å². The lowest BCUT2D eigenvalue weighted by Crippen LogP contribution is -2.26. The van der Waals surface area contributed by atoms with Gasteiger partial charge in [0.25, 0.3) is 0 Å². The lowest BCUT2D eigenvalue weighted by molar-refractivity contribution is -0.155. The summed E-state index contributed by atoms with van der Waals surface area (Å²) in [5.41, 5.74) is -0.925. The zero-order chi connectivity index (χ0) is 10.5. The van der Waals surface area contributed by atoms with Crippen molar-refractivity contribution in [3.63, 3.8) is 0 Å². The molecule has 0 fully saturated rings. The Kier molecular flexibility index (Phi) is 5.38. The number of unbranched alkanes of at least 4 members (excludes halogenated alkanes) is 1. The van der Waals surface area contributed by atoms with Crippen molar-refractivity contribution >= 4 is 17.6 Å². The number of alkyl halides is 1. The Balaban J connectivity index is 3.79. The quantitative estimate of drug-likeness (QED) is 0.521. The predicted octanol–water partition coefficient (Wildman–Crippen LogP) is 3.33. The van der Waals surface area contributed by atoms with E-state index in [1.165, 1.54) is 0 Å². The molecular formula is C10H19ClO2. The van der Waals surface area contributed by atoms with E-state index in [0.717, 1.165) is 19.3 Å². The van der Waals surface area contributed by atoms with E-state index in [1.807, 2.05) is 20.8 Å². The Morgan fingerprint density at radius 2 is 2.00 bits per heavy atom. The van der Waals surface area contributed by atoms with Crippen LogP contribution in [0.5, 0.6) is 0 Å². The molecule has 0 bridgehead atoms. The van der Waals surface area contributed by atoms with Crippen molar-refractivity contribution in [2.75, 3.05) is 0 Å². The lowest BCUT2D eigenvalue weighted by atomic mass is 9.97. The normalized spacial score (nSPS) is 13.9. The smallest absolute Gasteiger partial charge is 0.312 e. The minimum atomic E-state index is -0.466. The van der Waals surface area contributed by atoms with Gasteiger partial charge in [-0.25, -0.2) is 0 Å². The number of halogens is 1. The monoisotopic (exact) mass is 206 g/mol. The van der Waals surface area contributed by atoms with E-state index in [1.54, 1.807) is 0 Å². The molecule has 78 valence electrons.